The van der Waals surface area contributed by atoms with Crippen molar-refractivity contribution in [1.82, 2.24) is 0 Å². The predicted octanol–water partition coefficient (Wildman–Crippen LogP) is 1.76. The van der Waals surface area contributed by atoms with Gasteiger partial charge in [0.25, 0.3) is 0 Å². The highest BCUT2D eigenvalue weighted by atomic mass is 32.1. The van der Waals surface area contributed by atoms with E-state index in [0.717, 1.165) is 5.56 Å². The number of aliphatic hydroxyl groups excluding tert-OH is 1. The molecular formula is C17H19NO5S. The highest BCUT2D eigenvalue weighted by Crippen LogP contribution is 2.33. The molecule has 0 spiro atoms. The molecule has 1 atom stereocenters. The van der Waals surface area contributed by atoms with Crippen molar-refractivity contribution in [3.05, 3.63) is 52.2 Å². The molecule has 0 aliphatic rings. The number of rotatable bonds is 9. The van der Waals surface area contributed by atoms with Crippen LogP contribution in [0.4, 0.5) is 0 Å². The van der Waals surface area contributed by atoms with E-state index >= 15 is 0 Å². The second-order valence-electron chi connectivity index (χ2n) is 5.37. The molecule has 0 fully saturated rings. The topological polar surface area (TPSA) is 110 Å². The van der Waals surface area contributed by atoms with Crippen LogP contribution in [-0.4, -0.2) is 35.2 Å². The van der Waals surface area contributed by atoms with Crippen LogP contribution in [0.15, 0.2) is 41.1 Å². The summed E-state index contributed by atoms with van der Waals surface area (Å²) in [5.41, 5.74) is 6.88. The monoisotopic (exact) mass is 349 g/mol. The molecule has 0 saturated heterocycles. The molecule has 2 rings (SSSR count). The van der Waals surface area contributed by atoms with Crippen LogP contribution in [0.5, 0.6) is 5.75 Å². The van der Waals surface area contributed by atoms with Gasteiger partial charge in [-0.05, 0) is 40.1 Å². The number of carbonyl (C=O) groups excluding carboxylic acids is 1. The zero-order valence-electron chi connectivity index (χ0n) is 13.0. The zero-order chi connectivity index (χ0) is 17.6. The lowest BCUT2D eigenvalue weighted by atomic mass is 9.80. The zero-order valence-corrected chi connectivity index (χ0v) is 13.8. The van der Waals surface area contributed by atoms with Crippen LogP contribution in [0, 0.1) is 0 Å². The van der Waals surface area contributed by atoms with Crippen molar-refractivity contribution in [2.24, 2.45) is 5.73 Å². The quantitative estimate of drug-likeness (QED) is 0.595. The van der Waals surface area contributed by atoms with Gasteiger partial charge in [-0.15, -0.1) is 0 Å². The van der Waals surface area contributed by atoms with E-state index < -0.39 is 23.7 Å². The van der Waals surface area contributed by atoms with Gasteiger partial charge >= 0.3 is 5.97 Å². The lowest BCUT2D eigenvalue weighted by Crippen LogP contribution is -2.40. The van der Waals surface area contributed by atoms with E-state index in [2.05, 4.69) is 0 Å². The maximum atomic E-state index is 12.0. The Morgan fingerprint density at radius 3 is 2.42 bits per heavy atom. The number of hydrogen-bond donors (Lipinski definition) is 3. The fourth-order valence-corrected chi connectivity index (χ4v) is 3.18. The van der Waals surface area contributed by atoms with Crippen LogP contribution in [0.3, 0.4) is 0 Å². The highest BCUT2D eigenvalue weighted by molar-refractivity contribution is 7.08. The summed E-state index contributed by atoms with van der Waals surface area (Å²) in [7, 11) is 0. The number of carboxylic acid groups (broad SMARTS) is 1. The second-order valence-corrected chi connectivity index (χ2v) is 6.15. The van der Waals surface area contributed by atoms with Gasteiger partial charge in [0, 0.05) is 6.42 Å². The molecule has 1 aromatic carbocycles. The van der Waals surface area contributed by atoms with Gasteiger partial charge in [0.2, 0.25) is 0 Å². The van der Waals surface area contributed by atoms with Crippen molar-refractivity contribution in [2.45, 2.75) is 18.4 Å². The van der Waals surface area contributed by atoms with E-state index in [9.17, 15) is 9.59 Å². The lowest BCUT2D eigenvalue weighted by Gasteiger charge is -2.29. The molecule has 4 N–H and O–H groups in total. The number of aliphatic carboxylic acids is 1. The van der Waals surface area contributed by atoms with E-state index in [1.807, 2.05) is 16.8 Å². The summed E-state index contributed by atoms with van der Waals surface area (Å²) in [4.78, 5) is 22.8. The molecule has 128 valence electrons. The van der Waals surface area contributed by atoms with Crippen LogP contribution in [0.2, 0.25) is 0 Å². The van der Waals surface area contributed by atoms with Gasteiger partial charge in [-0.25, -0.2) is 0 Å². The average Bonchev–Trinajstić information content (AvgIpc) is 3.07. The number of ether oxygens (including phenoxy) is 1. The van der Waals surface area contributed by atoms with Crippen molar-refractivity contribution in [2.75, 3.05) is 13.2 Å². The first-order chi connectivity index (χ1) is 11.5. The van der Waals surface area contributed by atoms with E-state index in [-0.39, 0.29) is 19.6 Å². The smallest absolute Gasteiger partial charge is 0.310 e. The van der Waals surface area contributed by atoms with Crippen molar-refractivity contribution in [3.8, 4) is 5.75 Å². The van der Waals surface area contributed by atoms with Gasteiger partial charge < -0.3 is 20.7 Å². The van der Waals surface area contributed by atoms with Crippen LogP contribution in [0.1, 0.15) is 24.0 Å². The third-order valence-electron chi connectivity index (χ3n) is 3.59. The molecule has 0 amide bonds. The molecule has 1 aromatic heterocycles. The Morgan fingerprint density at radius 1 is 1.17 bits per heavy atom. The first kappa shape index (κ1) is 18.1. The summed E-state index contributed by atoms with van der Waals surface area (Å²) < 4.78 is 5.31. The summed E-state index contributed by atoms with van der Waals surface area (Å²) in [5.74, 6) is -1.02. The predicted molar refractivity (Wildman–Crippen MR) is 90.2 cm³/mol. The van der Waals surface area contributed by atoms with E-state index in [0.29, 0.717) is 11.3 Å². The van der Waals surface area contributed by atoms with Crippen molar-refractivity contribution >= 4 is 23.1 Å². The minimum atomic E-state index is -1.17. The van der Waals surface area contributed by atoms with Gasteiger partial charge in [0.1, 0.15) is 24.6 Å². The van der Waals surface area contributed by atoms with Gasteiger partial charge in [-0.3, -0.25) is 9.59 Å². The summed E-state index contributed by atoms with van der Waals surface area (Å²) in [6.07, 6.45) is -0.659. The fraction of sp³-hybridized carbons (Fsp3) is 0.294. The molecule has 0 bridgehead atoms. The molecule has 0 aliphatic carbocycles. The Labute approximate surface area is 143 Å². The molecule has 0 aliphatic heterocycles. The number of thiophene rings is 1. The van der Waals surface area contributed by atoms with Crippen LogP contribution in [-0.2, 0) is 15.1 Å². The van der Waals surface area contributed by atoms with Crippen LogP contribution in [0.25, 0.3) is 0 Å². The number of nitrogens with two attached hydrogens (primary N) is 1. The minimum absolute atomic E-state index is 0.0822. The van der Waals surface area contributed by atoms with Gasteiger partial charge in [0.05, 0.1) is 12.1 Å². The summed E-state index contributed by atoms with van der Waals surface area (Å²) in [6, 6.07) is 8.74. The lowest BCUT2D eigenvalue weighted by molar-refractivity contribution is -0.140. The summed E-state index contributed by atoms with van der Waals surface area (Å²) in [6.45, 7) is 0.107. The molecule has 0 radical (unpaired) electrons. The van der Waals surface area contributed by atoms with E-state index in [1.54, 1.807) is 24.3 Å². The number of ketones is 1. The highest BCUT2D eigenvalue weighted by Gasteiger charge is 2.33. The third kappa shape index (κ3) is 4.41. The standard InChI is InChI=1S/C17H19NO5S/c18-17(13-5-8-24-11-13,10-14(20)9-16(21)22)12-1-3-15(4-2-12)23-7-6-19/h1-5,8,11,19H,6-7,9-10,18H2,(H,21,22). The Bertz CT molecular complexity index is 684. The minimum Gasteiger partial charge on any atom is -0.491 e. The Kier molecular flexibility index (Phi) is 6.08. The molecule has 24 heavy (non-hydrogen) atoms. The maximum Gasteiger partial charge on any atom is 0.310 e. The van der Waals surface area contributed by atoms with Gasteiger partial charge in [0.15, 0.2) is 0 Å². The number of benzene rings is 1. The van der Waals surface area contributed by atoms with Gasteiger partial charge in [-0.2, -0.15) is 11.3 Å². The average molecular weight is 349 g/mol. The van der Waals surface area contributed by atoms with Crippen LogP contribution >= 0.6 is 11.3 Å². The number of hydrogen-bond acceptors (Lipinski definition) is 6. The van der Waals surface area contributed by atoms with Gasteiger partial charge in [-0.1, -0.05) is 12.1 Å². The first-order valence-corrected chi connectivity index (χ1v) is 8.29. The molecule has 2 aromatic rings. The Morgan fingerprint density at radius 2 is 1.88 bits per heavy atom. The third-order valence-corrected chi connectivity index (χ3v) is 4.27. The SMILES string of the molecule is NC(CC(=O)CC(=O)O)(c1ccc(OCCO)cc1)c1ccsc1. The summed E-state index contributed by atoms with van der Waals surface area (Å²) >= 11 is 1.46. The molecule has 7 heteroatoms. The maximum absolute atomic E-state index is 12.0. The molecule has 6 nitrogen and oxygen atoms in total. The van der Waals surface area contributed by atoms with E-state index in [4.69, 9.17) is 20.7 Å². The number of carbonyl (C=O) groups is 2. The first-order valence-electron chi connectivity index (χ1n) is 7.35. The number of aliphatic hydroxyl groups is 1. The number of Topliss-reactive ketones (excluding diaryl/α,β-unsaturated/α-hetero) is 1. The number of carboxylic acids is 1. The Balaban J connectivity index is 2.29. The fourth-order valence-electron chi connectivity index (χ4n) is 2.44. The van der Waals surface area contributed by atoms with Crippen LogP contribution < -0.4 is 10.5 Å². The normalized spacial score (nSPS) is 13.2. The molecule has 1 unspecified atom stereocenters. The van der Waals surface area contributed by atoms with E-state index in [1.165, 1.54) is 11.3 Å². The second kappa shape index (κ2) is 8.05. The largest absolute Gasteiger partial charge is 0.491 e. The molecular weight excluding hydrogens is 330 g/mol. The summed E-state index contributed by atoms with van der Waals surface area (Å²) in [5, 5.41) is 21.3. The van der Waals surface area contributed by atoms with Crippen molar-refractivity contribution in [3.63, 3.8) is 0 Å². The molecule has 0 saturated carbocycles. The molecule has 1 heterocycles. The Hall–Kier alpha value is -2.22. The van der Waals surface area contributed by atoms with Crippen molar-refractivity contribution < 1.29 is 24.5 Å². The van der Waals surface area contributed by atoms with Crippen molar-refractivity contribution in [1.29, 1.82) is 0 Å².